The van der Waals surface area contributed by atoms with Gasteiger partial charge in [0.05, 0.1) is 0 Å². The monoisotopic (exact) mass is 345 g/mol. The highest BCUT2D eigenvalue weighted by atomic mass is 32.1. The van der Waals surface area contributed by atoms with E-state index in [0.29, 0.717) is 12.2 Å². The summed E-state index contributed by atoms with van der Waals surface area (Å²) in [4.78, 5) is 31.1. The van der Waals surface area contributed by atoms with Crippen molar-refractivity contribution in [3.63, 3.8) is 0 Å². The molecule has 1 unspecified atom stereocenters. The van der Waals surface area contributed by atoms with E-state index in [-0.39, 0.29) is 16.9 Å². The van der Waals surface area contributed by atoms with E-state index >= 15 is 0 Å². The normalized spacial score (nSPS) is 23.3. The summed E-state index contributed by atoms with van der Waals surface area (Å²) in [5, 5.41) is 5.59. The Balaban J connectivity index is 1.53. The first-order valence-electron chi connectivity index (χ1n) is 8.20. The smallest absolute Gasteiger partial charge is 0.275 e. The second-order valence-corrected chi connectivity index (χ2v) is 7.43. The molecule has 8 heteroatoms. The number of hydrogen-bond donors (Lipinski definition) is 0. The van der Waals surface area contributed by atoms with Gasteiger partial charge in [0.1, 0.15) is 5.82 Å². The molecular weight excluding hydrogens is 326 g/mol. The standard InChI is InChI=1S/C16H19N5O2S/c1-11-8-14(22)21-7-5-16(3-2-13(21)17-11)4-6-20(10-16)15(23)12-9-24-19-18-12/h8-9H,2-7,10H2,1H3. The molecule has 2 aromatic rings. The molecular formula is C16H19N5O2S. The van der Waals surface area contributed by atoms with Gasteiger partial charge in [-0.1, -0.05) is 4.49 Å². The summed E-state index contributed by atoms with van der Waals surface area (Å²) < 4.78 is 5.58. The second-order valence-electron chi connectivity index (χ2n) is 6.82. The van der Waals surface area contributed by atoms with Crippen LogP contribution in [-0.2, 0) is 13.0 Å². The van der Waals surface area contributed by atoms with Gasteiger partial charge in [-0.25, -0.2) is 4.98 Å². The predicted molar refractivity (Wildman–Crippen MR) is 89.0 cm³/mol. The summed E-state index contributed by atoms with van der Waals surface area (Å²) in [6.45, 7) is 4.02. The lowest BCUT2D eigenvalue weighted by Gasteiger charge is -2.27. The van der Waals surface area contributed by atoms with E-state index in [0.717, 1.165) is 50.3 Å². The third-order valence-corrected chi connectivity index (χ3v) is 5.77. The highest BCUT2D eigenvalue weighted by molar-refractivity contribution is 7.03. The van der Waals surface area contributed by atoms with Crippen LogP contribution in [0.1, 0.15) is 41.3 Å². The molecule has 24 heavy (non-hydrogen) atoms. The molecule has 0 radical (unpaired) electrons. The zero-order valence-electron chi connectivity index (χ0n) is 13.6. The Labute approximate surface area is 143 Å². The zero-order valence-corrected chi connectivity index (χ0v) is 14.4. The quantitative estimate of drug-likeness (QED) is 0.777. The van der Waals surface area contributed by atoms with Crippen LogP contribution in [0.25, 0.3) is 0 Å². The fourth-order valence-corrected chi connectivity index (χ4v) is 4.33. The lowest BCUT2D eigenvalue weighted by molar-refractivity contribution is 0.0761. The van der Waals surface area contributed by atoms with Crippen LogP contribution in [0.3, 0.4) is 0 Å². The number of carbonyl (C=O) groups excluding carboxylic acids is 1. The van der Waals surface area contributed by atoms with Crippen molar-refractivity contribution in [3.8, 4) is 0 Å². The molecule has 0 aromatic carbocycles. The van der Waals surface area contributed by atoms with E-state index in [4.69, 9.17) is 0 Å². The fourth-order valence-electron chi connectivity index (χ4n) is 3.90. The van der Waals surface area contributed by atoms with Crippen molar-refractivity contribution in [3.05, 3.63) is 39.0 Å². The van der Waals surface area contributed by atoms with Crippen molar-refractivity contribution in [2.45, 2.75) is 39.2 Å². The van der Waals surface area contributed by atoms with E-state index in [1.807, 2.05) is 11.8 Å². The second kappa shape index (κ2) is 5.77. The summed E-state index contributed by atoms with van der Waals surface area (Å²) in [6, 6.07) is 1.60. The molecule has 126 valence electrons. The maximum absolute atomic E-state index is 12.5. The van der Waals surface area contributed by atoms with Gasteiger partial charge in [0.25, 0.3) is 11.5 Å². The number of amides is 1. The molecule has 0 aliphatic carbocycles. The predicted octanol–water partition coefficient (Wildman–Crippen LogP) is 1.27. The molecule has 4 rings (SSSR count). The van der Waals surface area contributed by atoms with Gasteiger partial charge in [-0.05, 0) is 43.1 Å². The molecule has 1 fully saturated rings. The third kappa shape index (κ3) is 2.64. The number of likely N-dealkylation sites (tertiary alicyclic amines) is 1. The molecule has 1 saturated heterocycles. The molecule has 1 spiro atoms. The fraction of sp³-hybridized carbons (Fsp3) is 0.562. The Bertz CT molecular complexity index is 831. The molecule has 2 aliphatic heterocycles. The first kappa shape index (κ1) is 15.4. The minimum absolute atomic E-state index is 0.0338. The number of nitrogens with zero attached hydrogens (tertiary/aromatic N) is 5. The van der Waals surface area contributed by atoms with Crippen molar-refractivity contribution in [2.75, 3.05) is 13.1 Å². The number of fused-ring (bicyclic) bond motifs is 1. The maximum Gasteiger partial charge on any atom is 0.275 e. The van der Waals surface area contributed by atoms with Gasteiger partial charge in [0.15, 0.2) is 5.69 Å². The van der Waals surface area contributed by atoms with Crippen molar-refractivity contribution in [1.82, 2.24) is 24.0 Å². The largest absolute Gasteiger partial charge is 0.337 e. The highest BCUT2D eigenvalue weighted by Crippen LogP contribution is 2.40. The number of aromatic nitrogens is 4. The molecule has 1 amide bonds. The van der Waals surface area contributed by atoms with Crippen LogP contribution in [0.2, 0.25) is 0 Å². The Morgan fingerprint density at radius 1 is 1.29 bits per heavy atom. The average Bonchev–Trinajstić information content (AvgIpc) is 3.18. The molecule has 2 aromatic heterocycles. The summed E-state index contributed by atoms with van der Waals surface area (Å²) in [6.07, 6.45) is 3.63. The van der Waals surface area contributed by atoms with Crippen LogP contribution in [0.15, 0.2) is 16.2 Å². The number of carbonyl (C=O) groups is 1. The van der Waals surface area contributed by atoms with Crippen LogP contribution in [-0.4, -0.2) is 43.0 Å². The minimum Gasteiger partial charge on any atom is -0.337 e. The summed E-state index contributed by atoms with van der Waals surface area (Å²) in [5.74, 6) is 0.846. The van der Waals surface area contributed by atoms with Gasteiger partial charge in [-0.2, -0.15) is 0 Å². The van der Waals surface area contributed by atoms with E-state index in [9.17, 15) is 9.59 Å². The van der Waals surface area contributed by atoms with Gasteiger partial charge in [0, 0.05) is 43.2 Å². The van der Waals surface area contributed by atoms with Gasteiger partial charge < -0.3 is 4.90 Å². The molecule has 7 nitrogen and oxygen atoms in total. The van der Waals surface area contributed by atoms with Gasteiger partial charge >= 0.3 is 0 Å². The minimum atomic E-state index is -0.0338. The van der Waals surface area contributed by atoms with E-state index in [1.165, 1.54) is 11.5 Å². The van der Waals surface area contributed by atoms with Gasteiger partial charge in [-0.3, -0.25) is 14.2 Å². The SMILES string of the molecule is Cc1cc(=O)n2c(n1)CCC1(CCN(C(=O)c3csnn3)C1)CC2. The topological polar surface area (TPSA) is 81.0 Å². The van der Waals surface area contributed by atoms with E-state index in [2.05, 4.69) is 14.6 Å². The molecule has 4 heterocycles. The lowest BCUT2D eigenvalue weighted by atomic mass is 9.80. The lowest BCUT2D eigenvalue weighted by Crippen LogP contribution is -2.33. The van der Waals surface area contributed by atoms with Crippen molar-refractivity contribution < 1.29 is 4.79 Å². The Morgan fingerprint density at radius 2 is 2.12 bits per heavy atom. The summed E-state index contributed by atoms with van der Waals surface area (Å²) >= 11 is 1.20. The molecule has 0 saturated carbocycles. The van der Waals surface area contributed by atoms with Crippen LogP contribution >= 0.6 is 11.5 Å². The summed E-state index contributed by atoms with van der Waals surface area (Å²) in [7, 11) is 0. The van der Waals surface area contributed by atoms with Crippen molar-refractivity contribution >= 4 is 17.4 Å². The highest BCUT2D eigenvalue weighted by Gasteiger charge is 2.41. The Morgan fingerprint density at radius 3 is 2.92 bits per heavy atom. The third-order valence-electron chi connectivity index (χ3n) is 5.26. The van der Waals surface area contributed by atoms with E-state index < -0.39 is 0 Å². The molecule has 2 aliphatic rings. The van der Waals surface area contributed by atoms with Crippen LogP contribution < -0.4 is 5.56 Å². The van der Waals surface area contributed by atoms with Gasteiger partial charge in [-0.15, -0.1) is 5.10 Å². The first-order valence-corrected chi connectivity index (χ1v) is 9.04. The number of aryl methyl sites for hydroxylation is 2. The average molecular weight is 345 g/mol. The first-order chi connectivity index (χ1) is 11.6. The van der Waals surface area contributed by atoms with Crippen LogP contribution in [0.4, 0.5) is 0 Å². The number of hydrogen-bond acceptors (Lipinski definition) is 6. The molecule has 1 atom stereocenters. The van der Waals surface area contributed by atoms with E-state index in [1.54, 1.807) is 16.0 Å². The van der Waals surface area contributed by atoms with Crippen molar-refractivity contribution in [2.24, 2.45) is 5.41 Å². The maximum atomic E-state index is 12.5. The van der Waals surface area contributed by atoms with Crippen molar-refractivity contribution in [1.29, 1.82) is 0 Å². The summed E-state index contributed by atoms with van der Waals surface area (Å²) in [5.41, 5.74) is 1.32. The van der Waals surface area contributed by atoms with Gasteiger partial charge in [0.2, 0.25) is 0 Å². The van der Waals surface area contributed by atoms with Crippen LogP contribution in [0, 0.1) is 12.3 Å². The molecule has 0 N–H and O–H groups in total. The number of rotatable bonds is 1. The Hall–Kier alpha value is -2.09. The Kier molecular flexibility index (Phi) is 3.71. The van der Waals surface area contributed by atoms with Crippen LogP contribution in [0.5, 0.6) is 0 Å². The zero-order chi connectivity index (χ0) is 16.7. The molecule has 0 bridgehead atoms.